The predicted octanol–water partition coefficient (Wildman–Crippen LogP) is 2.51. The number of hydrogen-bond donors (Lipinski definition) is 0. The number of nitrogens with zero attached hydrogens (tertiary/aromatic N) is 3. The van der Waals surface area contributed by atoms with E-state index < -0.39 is 0 Å². The molecule has 0 unspecified atom stereocenters. The van der Waals surface area contributed by atoms with Crippen molar-refractivity contribution in [1.29, 1.82) is 0 Å². The summed E-state index contributed by atoms with van der Waals surface area (Å²) in [6.07, 6.45) is 1.71. The Morgan fingerprint density at radius 1 is 1.32 bits per heavy atom. The lowest BCUT2D eigenvalue weighted by molar-refractivity contribution is -0.130. The maximum absolute atomic E-state index is 12.9. The molecule has 2 amide bonds. The van der Waals surface area contributed by atoms with Gasteiger partial charge >= 0.3 is 0 Å². The molecule has 0 fully saturated rings. The highest BCUT2D eigenvalue weighted by Crippen LogP contribution is 2.37. The Hall–Kier alpha value is -1.82. The average molecular weight is 317 g/mol. The third kappa shape index (κ3) is 2.88. The van der Waals surface area contributed by atoms with E-state index in [1.54, 1.807) is 18.8 Å². The van der Waals surface area contributed by atoms with Crippen LogP contribution in [0.3, 0.4) is 0 Å². The molecule has 0 saturated heterocycles. The Labute approximate surface area is 134 Å². The molecule has 6 heteroatoms. The minimum atomic E-state index is -0.0819. The highest BCUT2D eigenvalue weighted by molar-refractivity contribution is 8.00. The molecule has 0 bridgehead atoms. The minimum absolute atomic E-state index is 0.0444. The summed E-state index contributed by atoms with van der Waals surface area (Å²) >= 11 is 1.80. The lowest BCUT2D eigenvalue weighted by Gasteiger charge is -2.26. The molecule has 2 aliphatic heterocycles. The highest BCUT2D eigenvalue weighted by atomic mass is 32.2. The molecule has 3 rings (SSSR count). The van der Waals surface area contributed by atoms with E-state index in [9.17, 15) is 9.59 Å². The molecule has 22 heavy (non-hydrogen) atoms. The second-order valence-corrected chi connectivity index (χ2v) is 7.09. The zero-order valence-electron chi connectivity index (χ0n) is 12.8. The number of benzene rings is 1. The molecule has 0 spiro atoms. The Balaban J connectivity index is 1.92. The van der Waals surface area contributed by atoms with Crippen molar-refractivity contribution < 1.29 is 9.59 Å². The van der Waals surface area contributed by atoms with Gasteiger partial charge in [-0.1, -0.05) is 19.1 Å². The van der Waals surface area contributed by atoms with E-state index in [1.165, 1.54) is 5.01 Å². The topological polar surface area (TPSA) is 53.0 Å². The van der Waals surface area contributed by atoms with Crippen molar-refractivity contribution in [3.8, 4) is 0 Å². The van der Waals surface area contributed by atoms with Crippen LogP contribution in [0, 0.1) is 0 Å². The van der Waals surface area contributed by atoms with Crippen molar-refractivity contribution in [3.05, 3.63) is 24.3 Å². The van der Waals surface area contributed by atoms with Gasteiger partial charge < -0.3 is 4.90 Å². The number of rotatable bonds is 1. The first-order valence-electron chi connectivity index (χ1n) is 7.48. The zero-order chi connectivity index (χ0) is 15.7. The standard InChI is InChI=1S/C16H19N3O2S/c1-11-9-10-19(13-5-3-4-6-14(13)22-11)16(21)12-7-8-15(20)18(2)17-12/h3-6,11H,7-10H2,1-2H3/t11-/m0/s1. The second-order valence-electron chi connectivity index (χ2n) is 5.61. The fourth-order valence-electron chi connectivity index (χ4n) is 2.68. The van der Waals surface area contributed by atoms with E-state index in [4.69, 9.17) is 0 Å². The summed E-state index contributed by atoms with van der Waals surface area (Å²) in [5.41, 5.74) is 1.42. The SMILES string of the molecule is C[C@H]1CCN(C(=O)C2=NN(C)C(=O)CC2)c2ccccc2S1. The van der Waals surface area contributed by atoms with Crippen LogP contribution in [0.5, 0.6) is 0 Å². The van der Waals surface area contributed by atoms with Crippen molar-refractivity contribution in [1.82, 2.24) is 5.01 Å². The Kier molecular flexibility index (Phi) is 4.20. The summed E-state index contributed by atoms with van der Waals surface area (Å²) in [6, 6.07) is 7.99. The van der Waals surface area contributed by atoms with Gasteiger partial charge in [0.25, 0.3) is 5.91 Å². The van der Waals surface area contributed by atoms with Crippen LogP contribution in [0.25, 0.3) is 0 Å². The molecule has 5 nitrogen and oxygen atoms in total. The average Bonchev–Trinajstić information content (AvgIpc) is 2.67. The van der Waals surface area contributed by atoms with Crippen LogP contribution in [0.4, 0.5) is 5.69 Å². The molecule has 1 aromatic rings. The molecule has 0 saturated carbocycles. The number of carbonyl (C=O) groups is 2. The first-order chi connectivity index (χ1) is 10.6. The Morgan fingerprint density at radius 3 is 2.86 bits per heavy atom. The number of amides is 2. The molecular weight excluding hydrogens is 298 g/mol. The lowest BCUT2D eigenvalue weighted by Crippen LogP contribution is -2.41. The smallest absolute Gasteiger partial charge is 0.274 e. The summed E-state index contributed by atoms with van der Waals surface area (Å²) in [5, 5.41) is 5.91. The second kappa shape index (κ2) is 6.12. The van der Waals surface area contributed by atoms with Crippen LogP contribution < -0.4 is 4.90 Å². The molecule has 1 aromatic carbocycles. The van der Waals surface area contributed by atoms with Gasteiger partial charge in [0.15, 0.2) is 0 Å². The van der Waals surface area contributed by atoms with Gasteiger partial charge in [-0.15, -0.1) is 11.8 Å². The van der Waals surface area contributed by atoms with Gasteiger partial charge in [0.05, 0.1) is 5.69 Å². The van der Waals surface area contributed by atoms with Crippen LogP contribution in [-0.4, -0.2) is 41.4 Å². The molecule has 2 aliphatic rings. The van der Waals surface area contributed by atoms with Gasteiger partial charge in [0.1, 0.15) is 5.71 Å². The maximum atomic E-state index is 12.9. The third-order valence-electron chi connectivity index (χ3n) is 3.94. The molecule has 0 aliphatic carbocycles. The monoisotopic (exact) mass is 317 g/mol. The largest absolute Gasteiger partial charge is 0.306 e. The number of thioether (sulfide) groups is 1. The van der Waals surface area contributed by atoms with Crippen LogP contribution in [0.1, 0.15) is 26.2 Å². The molecule has 0 N–H and O–H groups in total. The number of fused-ring (bicyclic) bond motifs is 1. The van der Waals surface area contributed by atoms with Gasteiger partial charge in [0, 0.05) is 36.6 Å². The van der Waals surface area contributed by atoms with Crippen molar-refractivity contribution in [2.45, 2.75) is 36.3 Å². The third-order valence-corrected chi connectivity index (χ3v) is 5.18. The number of para-hydroxylation sites is 1. The normalized spacial score (nSPS) is 22.0. The number of carbonyl (C=O) groups excluding carboxylic acids is 2. The number of hydrazone groups is 1. The van der Waals surface area contributed by atoms with E-state index in [1.807, 2.05) is 23.1 Å². The number of anilines is 1. The summed E-state index contributed by atoms with van der Waals surface area (Å²) in [6.45, 7) is 2.86. The van der Waals surface area contributed by atoms with Crippen LogP contribution in [0.15, 0.2) is 34.3 Å². The Bertz CT molecular complexity index is 644. The van der Waals surface area contributed by atoms with E-state index in [-0.39, 0.29) is 11.8 Å². The first kappa shape index (κ1) is 15.1. The summed E-state index contributed by atoms with van der Waals surface area (Å²) in [7, 11) is 1.60. The van der Waals surface area contributed by atoms with E-state index in [0.29, 0.717) is 30.3 Å². The van der Waals surface area contributed by atoms with Crippen molar-refractivity contribution >= 4 is 35.0 Å². The van der Waals surface area contributed by atoms with Crippen molar-refractivity contribution in [2.75, 3.05) is 18.5 Å². The summed E-state index contributed by atoms with van der Waals surface area (Å²) < 4.78 is 0. The first-order valence-corrected chi connectivity index (χ1v) is 8.36. The molecule has 116 valence electrons. The van der Waals surface area contributed by atoms with Gasteiger partial charge in [-0.3, -0.25) is 9.59 Å². The molecule has 0 aromatic heterocycles. The minimum Gasteiger partial charge on any atom is -0.306 e. The van der Waals surface area contributed by atoms with Gasteiger partial charge in [0.2, 0.25) is 5.91 Å². The van der Waals surface area contributed by atoms with Crippen LogP contribution >= 0.6 is 11.8 Å². The van der Waals surface area contributed by atoms with Crippen molar-refractivity contribution in [2.24, 2.45) is 5.10 Å². The quantitative estimate of drug-likeness (QED) is 0.800. The van der Waals surface area contributed by atoms with Crippen LogP contribution in [0.2, 0.25) is 0 Å². The fourth-order valence-corrected chi connectivity index (χ4v) is 3.79. The van der Waals surface area contributed by atoms with E-state index in [2.05, 4.69) is 18.1 Å². The van der Waals surface area contributed by atoms with Crippen molar-refractivity contribution in [3.63, 3.8) is 0 Å². The maximum Gasteiger partial charge on any atom is 0.274 e. The zero-order valence-corrected chi connectivity index (χ0v) is 13.6. The van der Waals surface area contributed by atoms with Gasteiger partial charge in [-0.2, -0.15) is 5.10 Å². The van der Waals surface area contributed by atoms with E-state index in [0.717, 1.165) is 17.0 Å². The molecule has 1 atom stereocenters. The lowest BCUT2D eigenvalue weighted by atomic mass is 10.1. The van der Waals surface area contributed by atoms with E-state index >= 15 is 0 Å². The highest BCUT2D eigenvalue weighted by Gasteiger charge is 2.29. The molecule has 0 radical (unpaired) electrons. The van der Waals surface area contributed by atoms with Gasteiger partial charge in [-0.25, -0.2) is 5.01 Å². The Morgan fingerprint density at radius 2 is 2.09 bits per heavy atom. The molecule has 2 heterocycles. The predicted molar refractivity (Wildman–Crippen MR) is 88.2 cm³/mol. The fraction of sp³-hybridized carbons (Fsp3) is 0.438. The summed E-state index contributed by atoms with van der Waals surface area (Å²) in [4.78, 5) is 27.3. The molecular formula is C16H19N3O2S. The van der Waals surface area contributed by atoms with Crippen LogP contribution in [-0.2, 0) is 9.59 Å². The number of hydrogen-bond acceptors (Lipinski definition) is 4. The van der Waals surface area contributed by atoms with Gasteiger partial charge in [-0.05, 0) is 18.6 Å². The summed E-state index contributed by atoms with van der Waals surface area (Å²) in [5.74, 6) is -0.126.